The number of methoxy groups -OCH3 is 1. The summed E-state index contributed by atoms with van der Waals surface area (Å²) >= 11 is 0. The van der Waals surface area contributed by atoms with E-state index in [9.17, 15) is 18.4 Å². The summed E-state index contributed by atoms with van der Waals surface area (Å²) < 4.78 is 32.2. The third-order valence-electron chi connectivity index (χ3n) is 6.24. The zero-order chi connectivity index (χ0) is 22.7. The first-order valence-electron chi connectivity index (χ1n) is 10.9. The molecule has 0 unspecified atom stereocenters. The van der Waals surface area contributed by atoms with Crippen LogP contribution in [0.4, 0.5) is 14.5 Å². The fraction of sp³-hybridized carbons (Fsp3) is 0.417. The van der Waals surface area contributed by atoms with Gasteiger partial charge in [0.1, 0.15) is 5.75 Å². The molecule has 32 heavy (non-hydrogen) atoms. The average Bonchev–Trinajstić information content (AvgIpc) is 2.85. The lowest BCUT2D eigenvalue weighted by atomic mass is 9.95. The lowest BCUT2D eigenvalue weighted by Gasteiger charge is -2.40. The van der Waals surface area contributed by atoms with Gasteiger partial charge in [0.2, 0.25) is 5.91 Å². The third kappa shape index (κ3) is 4.54. The van der Waals surface area contributed by atoms with Crippen molar-refractivity contribution in [1.29, 1.82) is 0 Å². The first-order chi connectivity index (χ1) is 15.5. The molecule has 2 heterocycles. The number of nitrogens with zero attached hydrogens (tertiary/aromatic N) is 3. The molecule has 1 atom stereocenters. The molecular formula is C24H27F2N3O3. The first kappa shape index (κ1) is 22.0. The van der Waals surface area contributed by atoms with Gasteiger partial charge >= 0.3 is 0 Å². The standard InChI is InChI=1S/C24H27F2N3O3/c1-32-22-7-3-2-6-21(22)27-11-13-28(14-12-27)24(31)18-5-4-10-29(16-18)23(30)17-8-9-19(25)20(26)15-17/h2-3,6-9,15,18H,4-5,10-14,16H2,1H3/t18-/m1/s1. The second-order valence-electron chi connectivity index (χ2n) is 8.20. The number of carbonyl (C=O) groups excluding carboxylic acids is 2. The number of anilines is 1. The number of piperazine rings is 1. The summed E-state index contributed by atoms with van der Waals surface area (Å²) in [7, 11) is 1.65. The van der Waals surface area contributed by atoms with Gasteiger partial charge in [0, 0.05) is 44.8 Å². The van der Waals surface area contributed by atoms with Gasteiger partial charge in [-0.2, -0.15) is 0 Å². The molecule has 2 saturated heterocycles. The molecule has 0 aliphatic carbocycles. The predicted molar refractivity (Wildman–Crippen MR) is 117 cm³/mol. The second-order valence-corrected chi connectivity index (χ2v) is 8.20. The third-order valence-corrected chi connectivity index (χ3v) is 6.24. The monoisotopic (exact) mass is 443 g/mol. The van der Waals surface area contributed by atoms with Crippen molar-refractivity contribution in [2.45, 2.75) is 12.8 Å². The molecule has 0 spiro atoms. The maximum absolute atomic E-state index is 13.5. The van der Waals surface area contributed by atoms with Crippen molar-refractivity contribution in [3.8, 4) is 5.75 Å². The van der Waals surface area contributed by atoms with Crippen LogP contribution < -0.4 is 9.64 Å². The van der Waals surface area contributed by atoms with E-state index in [0.717, 1.165) is 23.6 Å². The molecular weight excluding hydrogens is 416 g/mol. The van der Waals surface area contributed by atoms with Gasteiger partial charge in [-0.15, -0.1) is 0 Å². The number of piperidine rings is 1. The Morgan fingerprint density at radius 1 is 0.938 bits per heavy atom. The largest absolute Gasteiger partial charge is 0.495 e. The van der Waals surface area contributed by atoms with Crippen LogP contribution >= 0.6 is 0 Å². The van der Waals surface area contributed by atoms with E-state index in [-0.39, 0.29) is 23.3 Å². The van der Waals surface area contributed by atoms with E-state index < -0.39 is 11.6 Å². The lowest BCUT2D eigenvalue weighted by Crippen LogP contribution is -2.53. The fourth-order valence-electron chi connectivity index (χ4n) is 4.49. The SMILES string of the molecule is COc1ccccc1N1CCN(C(=O)[C@@H]2CCCN(C(=O)c3ccc(F)c(F)c3)C2)CC1. The van der Waals surface area contributed by atoms with Crippen molar-refractivity contribution in [3.05, 3.63) is 59.7 Å². The summed E-state index contributed by atoms with van der Waals surface area (Å²) in [6.45, 7) is 3.41. The van der Waals surface area contributed by atoms with Crippen molar-refractivity contribution in [2.75, 3.05) is 51.3 Å². The molecule has 0 N–H and O–H groups in total. The summed E-state index contributed by atoms with van der Waals surface area (Å²) in [5, 5.41) is 0. The van der Waals surface area contributed by atoms with Crippen LogP contribution in [0.1, 0.15) is 23.2 Å². The summed E-state index contributed by atoms with van der Waals surface area (Å²) in [6, 6.07) is 11.0. The highest BCUT2D eigenvalue weighted by molar-refractivity contribution is 5.94. The lowest BCUT2D eigenvalue weighted by molar-refractivity contribution is -0.137. The van der Waals surface area contributed by atoms with Crippen molar-refractivity contribution in [1.82, 2.24) is 9.80 Å². The molecule has 0 radical (unpaired) electrons. The molecule has 8 heteroatoms. The Labute approximate surface area is 186 Å². The highest BCUT2D eigenvalue weighted by atomic mass is 19.2. The zero-order valence-electron chi connectivity index (χ0n) is 18.1. The van der Waals surface area contributed by atoms with Gasteiger partial charge in [0.05, 0.1) is 18.7 Å². The zero-order valence-corrected chi connectivity index (χ0v) is 18.1. The molecule has 2 aromatic rings. The minimum Gasteiger partial charge on any atom is -0.495 e. The molecule has 170 valence electrons. The van der Waals surface area contributed by atoms with E-state index in [0.29, 0.717) is 52.1 Å². The van der Waals surface area contributed by atoms with Crippen LogP contribution in [0.15, 0.2) is 42.5 Å². The van der Waals surface area contributed by atoms with Gasteiger partial charge in [0.15, 0.2) is 11.6 Å². The second kappa shape index (κ2) is 9.54. The van der Waals surface area contributed by atoms with Gasteiger partial charge in [0.25, 0.3) is 5.91 Å². The van der Waals surface area contributed by atoms with Crippen LogP contribution in [0.25, 0.3) is 0 Å². The molecule has 2 aliphatic rings. The number of rotatable bonds is 4. The Hall–Kier alpha value is -3.16. The molecule has 2 aliphatic heterocycles. The Morgan fingerprint density at radius 2 is 1.69 bits per heavy atom. The molecule has 2 fully saturated rings. The molecule has 6 nitrogen and oxygen atoms in total. The van der Waals surface area contributed by atoms with Crippen LogP contribution in [0.5, 0.6) is 5.75 Å². The van der Waals surface area contributed by atoms with Gasteiger partial charge in [-0.05, 0) is 43.2 Å². The van der Waals surface area contributed by atoms with Gasteiger partial charge in [-0.1, -0.05) is 12.1 Å². The Balaban J connectivity index is 1.36. The van der Waals surface area contributed by atoms with E-state index in [2.05, 4.69) is 4.90 Å². The number of amides is 2. The summed E-state index contributed by atoms with van der Waals surface area (Å²) in [6.07, 6.45) is 1.42. The molecule has 0 bridgehead atoms. The number of benzene rings is 2. The predicted octanol–water partition coefficient (Wildman–Crippen LogP) is 3.17. The summed E-state index contributed by atoms with van der Waals surface area (Å²) in [4.78, 5) is 31.6. The Kier molecular flexibility index (Phi) is 6.58. The van der Waals surface area contributed by atoms with Crippen LogP contribution in [-0.2, 0) is 4.79 Å². The van der Waals surface area contributed by atoms with Crippen molar-refractivity contribution in [2.24, 2.45) is 5.92 Å². The smallest absolute Gasteiger partial charge is 0.253 e. The number of para-hydroxylation sites is 2. The fourth-order valence-corrected chi connectivity index (χ4v) is 4.49. The van der Waals surface area contributed by atoms with Crippen LogP contribution in [0.2, 0.25) is 0 Å². The van der Waals surface area contributed by atoms with Crippen LogP contribution in [0, 0.1) is 17.6 Å². The topological polar surface area (TPSA) is 53.1 Å². The first-order valence-corrected chi connectivity index (χ1v) is 10.9. The van der Waals surface area contributed by atoms with E-state index >= 15 is 0 Å². The Morgan fingerprint density at radius 3 is 2.41 bits per heavy atom. The summed E-state index contributed by atoms with van der Waals surface area (Å²) in [5.41, 5.74) is 1.12. The summed E-state index contributed by atoms with van der Waals surface area (Å²) in [5.74, 6) is -1.83. The molecule has 2 amide bonds. The quantitative estimate of drug-likeness (QED) is 0.729. The van der Waals surface area contributed by atoms with E-state index in [1.807, 2.05) is 29.2 Å². The highest BCUT2D eigenvalue weighted by Gasteiger charge is 2.33. The van der Waals surface area contributed by atoms with Gasteiger partial charge in [-0.25, -0.2) is 8.78 Å². The highest BCUT2D eigenvalue weighted by Crippen LogP contribution is 2.29. The number of likely N-dealkylation sites (tertiary alicyclic amines) is 1. The van der Waals surface area contributed by atoms with E-state index in [1.54, 1.807) is 12.0 Å². The average molecular weight is 443 g/mol. The maximum atomic E-state index is 13.5. The number of hydrogen-bond donors (Lipinski definition) is 0. The molecule has 0 aromatic heterocycles. The molecule has 2 aromatic carbocycles. The van der Waals surface area contributed by atoms with Crippen molar-refractivity contribution in [3.63, 3.8) is 0 Å². The normalized spacial score (nSPS) is 19.1. The number of hydrogen-bond acceptors (Lipinski definition) is 4. The van der Waals surface area contributed by atoms with Crippen LogP contribution in [0.3, 0.4) is 0 Å². The number of carbonyl (C=O) groups is 2. The Bertz CT molecular complexity index is 992. The van der Waals surface area contributed by atoms with E-state index in [4.69, 9.17) is 4.74 Å². The van der Waals surface area contributed by atoms with Crippen molar-refractivity contribution < 1.29 is 23.1 Å². The minimum atomic E-state index is -1.05. The number of halogens is 2. The molecule has 4 rings (SSSR count). The van der Waals surface area contributed by atoms with Gasteiger partial charge < -0.3 is 19.4 Å². The van der Waals surface area contributed by atoms with Crippen LogP contribution in [-0.4, -0.2) is 68.0 Å². The van der Waals surface area contributed by atoms with Gasteiger partial charge in [-0.3, -0.25) is 9.59 Å². The van der Waals surface area contributed by atoms with E-state index in [1.165, 1.54) is 6.07 Å². The van der Waals surface area contributed by atoms with Crippen molar-refractivity contribution >= 4 is 17.5 Å². The minimum absolute atomic E-state index is 0.0486. The number of ether oxygens (including phenoxy) is 1. The maximum Gasteiger partial charge on any atom is 0.253 e. The molecule has 0 saturated carbocycles.